The number of carbonyl (C=O) groups is 1. The zero-order chi connectivity index (χ0) is 10.8. The molecule has 0 radical (unpaired) electrons. The second-order valence-corrected chi connectivity index (χ2v) is 4.60. The van der Waals surface area contributed by atoms with Crippen LogP contribution < -0.4 is 4.90 Å². The predicted octanol–water partition coefficient (Wildman–Crippen LogP) is 3.31. The highest BCUT2D eigenvalue weighted by atomic mass is 35.5. The van der Waals surface area contributed by atoms with Gasteiger partial charge in [-0.2, -0.15) is 0 Å². The van der Waals surface area contributed by atoms with E-state index in [2.05, 4.69) is 11.8 Å². The van der Waals surface area contributed by atoms with Crippen LogP contribution in [0, 0.1) is 0 Å². The first-order chi connectivity index (χ1) is 7.26. The van der Waals surface area contributed by atoms with Crippen LogP contribution in [0.15, 0.2) is 34.2 Å². The van der Waals surface area contributed by atoms with E-state index in [1.165, 1.54) is 0 Å². The third-order valence-electron chi connectivity index (χ3n) is 2.22. The number of benzene rings is 1. The van der Waals surface area contributed by atoms with E-state index in [0.29, 0.717) is 0 Å². The molecule has 0 atom stereocenters. The predicted molar refractivity (Wildman–Crippen MR) is 64.5 cm³/mol. The summed E-state index contributed by atoms with van der Waals surface area (Å²) in [4.78, 5) is 13.7. The molecule has 1 aromatic rings. The van der Waals surface area contributed by atoms with E-state index in [1.807, 2.05) is 18.2 Å². The van der Waals surface area contributed by atoms with Crippen LogP contribution in [-0.4, -0.2) is 12.8 Å². The molecule has 0 saturated carbocycles. The minimum absolute atomic E-state index is 0.722. The molecular formula is C11H10ClNOS. The third kappa shape index (κ3) is 1.90. The highest BCUT2D eigenvalue weighted by molar-refractivity contribution is 8.03. The van der Waals surface area contributed by atoms with Gasteiger partial charge in [0, 0.05) is 22.5 Å². The molecule has 0 aromatic heterocycles. The maximum atomic E-state index is 10.5. The average molecular weight is 240 g/mol. The zero-order valence-corrected chi connectivity index (χ0v) is 9.81. The molecule has 0 spiro atoms. The molecule has 4 heteroatoms. The minimum Gasteiger partial charge on any atom is -0.335 e. The van der Waals surface area contributed by atoms with Crippen molar-refractivity contribution in [3.8, 4) is 0 Å². The Balaban J connectivity index is 2.46. The van der Waals surface area contributed by atoms with Gasteiger partial charge in [0.1, 0.15) is 6.29 Å². The molecule has 0 fully saturated rings. The van der Waals surface area contributed by atoms with E-state index in [4.69, 9.17) is 11.6 Å². The second kappa shape index (κ2) is 4.29. The molecule has 2 nitrogen and oxygen atoms in total. The number of allylic oxidation sites excluding steroid dienone is 1. The van der Waals surface area contributed by atoms with Gasteiger partial charge in [0.05, 0.1) is 10.7 Å². The Hall–Kier alpha value is -0.930. The Morgan fingerprint density at radius 2 is 2.33 bits per heavy atom. The fourth-order valence-electron chi connectivity index (χ4n) is 1.58. The molecule has 0 N–H and O–H groups in total. The number of anilines is 1. The van der Waals surface area contributed by atoms with E-state index < -0.39 is 0 Å². The van der Waals surface area contributed by atoms with E-state index in [-0.39, 0.29) is 0 Å². The van der Waals surface area contributed by atoms with E-state index in [1.54, 1.807) is 17.8 Å². The van der Waals surface area contributed by atoms with Gasteiger partial charge >= 0.3 is 0 Å². The molecule has 0 saturated heterocycles. The van der Waals surface area contributed by atoms with E-state index in [0.717, 1.165) is 33.5 Å². The number of aldehydes is 1. The first kappa shape index (κ1) is 10.6. The second-order valence-electron chi connectivity index (χ2n) is 3.10. The van der Waals surface area contributed by atoms with Gasteiger partial charge in [0.15, 0.2) is 0 Å². The van der Waals surface area contributed by atoms with Crippen LogP contribution in [-0.2, 0) is 4.79 Å². The Bertz CT molecular complexity index is 431. The third-order valence-corrected chi connectivity index (χ3v) is 3.59. The SMILES string of the molecule is CCN1/C(=C\C=O)Sc2ccc(Cl)cc21. The Kier molecular flexibility index (Phi) is 3.03. The van der Waals surface area contributed by atoms with Crippen LogP contribution >= 0.6 is 23.4 Å². The lowest BCUT2D eigenvalue weighted by Crippen LogP contribution is -2.16. The first-order valence-electron chi connectivity index (χ1n) is 4.66. The first-order valence-corrected chi connectivity index (χ1v) is 5.86. The standard InChI is InChI=1S/C11H10ClNOS/c1-2-13-9-7-8(12)3-4-10(9)15-11(13)5-6-14/h3-7H,2H2,1H3/b11-5+. The Morgan fingerprint density at radius 1 is 1.53 bits per heavy atom. The molecule has 1 aromatic carbocycles. The number of hydrogen-bond acceptors (Lipinski definition) is 3. The van der Waals surface area contributed by atoms with Crippen molar-refractivity contribution in [1.82, 2.24) is 0 Å². The molecule has 0 bridgehead atoms. The monoisotopic (exact) mass is 239 g/mol. The van der Waals surface area contributed by atoms with Crippen molar-refractivity contribution in [2.24, 2.45) is 0 Å². The van der Waals surface area contributed by atoms with Gasteiger partial charge in [-0.05, 0) is 25.1 Å². The quantitative estimate of drug-likeness (QED) is 0.583. The van der Waals surface area contributed by atoms with Crippen molar-refractivity contribution in [2.45, 2.75) is 11.8 Å². The molecule has 78 valence electrons. The summed E-state index contributed by atoms with van der Waals surface area (Å²) < 4.78 is 0. The lowest BCUT2D eigenvalue weighted by Gasteiger charge is -2.17. The number of rotatable bonds is 2. The summed E-state index contributed by atoms with van der Waals surface area (Å²) >= 11 is 7.54. The van der Waals surface area contributed by atoms with Gasteiger partial charge in [0.2, 0.25) is 0 Å². The number of hydrogen-bond donors (Lipinski definition) is 0. The van der Waals surface area contributed by atoms with Crippen LogP contribution in [0.1, 0.15) is 6.92 Å². The number of fused-ring (bicyclic) bond motifs is 1. The maximum absolute atomic E-state index is 10.5. The fraction of sp³-hybridized carbons (Fsp3) is 0.182. The molecule has 0 amide bonds. The average Bonchev–Trinajstić information content (AvgIpc) is 2.55. The largest absolute Gasteiger partial charge is 0.335 e. The lowest BCUT2D eigenvalue weighted by molar-refractivity contribution is -0.104. The highest BCUT2D eigenvalue weighted by Crippen LogP contribution is 2.46. The summed E-state index contributed by atoms with van der Waals surface area (Å²) in [6.45, 7) is 2.88. The summed E-state index contributed by atoms with van der Waals surface area (Å²) in [5.74, 6) is 0. The molecule has 0 unspecified atom stereocenters. The van der Waals surface area contributed by atoms with Gasteiger partial charge in [-0.3, -0.25) is 4.79 Å². The summed E-state index contributed by atoms with van der Waals surface area (Å²) in [6, 6.07) is 5.78. The summed E-state index contributed by atoms with van der Waals surface area (Å²) in [5, 5.41) is 1.69. The van der Waals surface area contributed by atoms with Crippen molar-refractivity contribution < 1.29 is 4.79 Å². The fourth-order valence-corrected chi connectivity index (χ4v) is 2.85. The topological polar surface area (TPSA) is 20.3 Å². The molecular weight excluding hydrogens is 230 g/mol. The van der Waals surface area contributed by atoms with Crippen LogP contribution in [0.2, 0.25) is 5.02 Å². The summed E-state index contributed by atoms with van der Waals surface area (Å²) in [6.07, 6.45) is 2.40. The van der Waals surface area contributed by atoms with Crippen LogP contribution in [0.3, 0.4) is 0 Å². The Morgan fingerprint density at radius 3 is 3.00 bits per heavy atom. The van der Waals surface area contributed by atoms with Crippen LogP contribution in [0.25, 0.3) is 0 Å². The van der Waals surface area contributed by atoms with Crippen molar-refractivity contribution >= 4 is 35.3 Å². The molecule has 2 rings (SSSR count). The van der Waals surface area contributed by atoms with Crippen LogP contribution in [0.4, 0.5) is 5.69 Å². The maximum Gasteiger partial charge on any atom is 0.145 e. The van der Waals surface area contributed by atoms with Crippen molar-refractivity contribution in [1.29, 1.82) is 0 Å². The molecule has 0 aliphatic carbocycles. The number of halogens is 1. The van der Waals surface area contributed by atoms with E-state index in [9.17, 15) is 4.79 Å². The molecule has 1 aliphatic rings. The zero-order valence-electron chi connectivity index (χ0n) is 8.24. The van der Waals surface area contributed by atoms with Gasteiger partial charge in [-0.15, -0.1) is 0 Å². The van der Waals surface area contributed by atoms with Gasteiger partial charge < -0.3 is 4.90 Å². The normalized spacial score (nSPS) is 16.9. The molecule has 15 heavy (non-hydrogen) atoms. The van der Waals surface area contributed by atoms with Crippen LogP contribution in [0.5, 0.6) is 0 Å². The van der Waals surface area contributed by atoms with Gasteiger partial charge in [-0.25, -0.2) is 0 Å². The van der Waals surface area contributed by atoms with Crippen molar-refractivity contribution in [2.75, 3.05) is 11.4 Å². The minimum atomic E-state index is 0.722. The summed E-state index contributed by atoms with van der Waals surface area (Å²) in [7, 11) is 0. The van der Waals surface area contributed by atoms with Crippen molar-refractivity contribution in [3.63, 3.8) is 0 Å². The van der Waals surface area contributed by atoms with Crippen molar-refractivity contribution in [3.05, 3.63) is 34.3 Å². The Labute approximate surface area is 97.9 Å². The smallest absolute Gasteiger partial charge is 0.145 e. The molecule has 1 heterocycles. The number of thioether (sulfide) groups is 1. The van der Waals surface area contributed by atoms with E-state index >= 15 is 0 Å². The highest BCUT2D eigenvalue weighted by Gasteiger charge is 2.23. The van der Waals surface area contributed by atoms with Gasteiger partial charge in [-0.1, -0.05) is 23.4 Å². The number of nitrogens with zero attached hydrogens (tertiary/aromatic N) is 1. The number of carbonyl (C=O) groups excluding carboxylic acids is 1. The summed E-state index contributed by atoms with van der Waals surface area (Å²) in [5.41, 5.74) is 1.09. The lowest BCUT2D eigenvalue weighted by atomic mass is 10.3. The molecule has 1 aliphatic heterocycles. The van der Waals surface area contributed by atoms with Gasteiger partial charge in [0.25, 0.3) is 0 Å².